The normalized spacial score (nSPS) is 14.3. The summed E-state index contributed by atoms with van der Waals surface area (Å²) in [6, 6.07) is 5.32. The molecule has 4 nitrogen and oxygen atoms in total. The minimum absolute atomic E-state index is 0.142. The molecule has 6 heteroatoms. The molecular weight excluding hydrogens is 285 g/mol. The van der Waals surface area contributed by atoms with Crippen molar-refractivity contribution < 1.29 is 5.11 Å². The lowest BCUT2D eigenvalue weighted by atomic mass is 9.92. The van der Waals surface area contributed by atoms with Gasteiger partial charge in [0.05, 0.1) is 12.6 Å². The summed E-state index contributed by atoms with van der Waals surface area (Å²) in [7, 11) is 0. The molecule has 1 N–H and O–H groups in total. The highest BCUT2D eigenvalue weighted by Gasteiger charge is 2.23. The number of aliphatic hydroxyl groups excluding tert-OH is 1. The molecule has 0 fully saturated rings. The SMILES string of the molecule is CCC(O)C(Cn1cncn1)c1ccc(Cl)cc1Cl. The van der Waals surface area contributed by atoms with Crippen molar-refractivity contribution in [3.63, 3.8) is 0 Å². The van der Waals surface area contributed by atoms with Crippen LogP contribution in [0.4, 0.5) is 0 Å². The van der Waals surface area contributed by atoms with Crippen LogP contribution >= 0.6 is 23.2 Å². The maximum Gasteiger partial charge on any atom is 0.137 e. The molecule has 102 valence electrons. The van der Waals surface area contributed by atoms with Gasteiger partial charge in [-0.05, 0) is 24.1 Å². The van der Waals surface area contributed by atoms with Crippen LogP contribution in [0.2, 0.25) is 10.0 Å². The Morgan fingerprint density at radius 3 is 2.74 bits per heavy atom. The molecule has 19 heavy (non-hydrogen) atoms. The lowest BCUT2D eigenvalue weighted by Gasteiger charge is -2.23. The molecular formula is C13H15Cl2N3O. The molecule has 0 amide bonds. The van der Waals surface area contributed by atoms with Gasteiger partial charge in [0, 0.05) is 16.0 Å². The molecule has 0 aliphatic rings. The van der Waals surface area contributed by atoms with Gasteiger partial charge in [-0.1, -0.05) is 36.2 Å². The standard InChI is InChI=1S/C13H15Cl2N3O/c1-2-13(19)11(6-18-8-16-7-17-18)10-4-3-9(14)5-12(10)15/h3-5,7-8,11,13,19H,2,6H2,1H3. The molecule has 2 unspecified atom stereocenters. The first-order chi connectivity index (χ1) is 9.11. The molecule has 0 aliphatic heterocycles. The summed E-state index contributed by atoms with van der Waals surface area (Å²) in [5.74, 6) is -0.142. The van der Waals surface area contributed by atoms with E-state index in [2.05, 4.69) is 10.1 Å². The average molecular weight is 300 g/mol. The van der Waals surface area contributed by atoms with E-state index in [1.54, 1.807) is 23.1 Å². The van der Waals surface area contributed by atoms with Gasteiger partial charge < -0.3 is 5.11 Å². The van der Waals surface area contributed by atoms with Crippen molar-refractivity contribution in [2.45, 2.75) is 31.9 Å². The second-order valence-electron chi connectivity index (χ2n) is 4.37. The molecule has 0 bridgehead atoms. The minimum atomic E-state index is -0.497. The van der Waals surface area contributed by atoms with E-state index in [4.69, 9.17) is 23.2 Å². The maximum absolute atomic E-state index is 10.2. The van der Waals surface area contributed by atoms with E-state index in [1.807, 2.05) is 13.0 Å². The predicted molar refractivity (Wildman–Crippen MR) is 75.5 cm³/mol. The average Bonchev–Trinajstić information content (AvgIpc) is 2.89. The molecule has 0 saturated carbocycles. The van der Waals surface area contributed by atoms with Gasteiger partial charge in [-0.2, -0.15) is 5.10 Å². The fourth-order valence-electron chi connectivity index (χ4n) is 2.04. The Balaban J connectivity index is 2.31. The summed E-state index contributed by atoms with van der Waals surface area (Å²) >= 11 is 12.1. The molecule has 1 aromatic heterocycles. The summed E-state index contributed by atoms with van der Waals surface area (Å²) < 4.78 is 1.69. The molecule has 1 aromatic carbocycles. The molecule has 2 rings (SSSR count). The Hall–Kier alpha value is -1.10. The van der Waals surface area contributed by atoms with E-state index in [-0.39, 0.29) is 5.92 Å². The molecule has 0 radical (unpaired) electrons. The van der Waals surface area contributed by atoms with Gasteiger partial charge in [0.25, 0.3) is 0 Å². The fraction of sp³-hybridized carbons (Fsp3) is 0.385. The zero-order chi connectivity index (χ0) is 13.8. The third kappa shape index (κ3) is 3.47. The molecule has 0 aliphatic carbocycles. The van der Waals surface area contributed by atoms with Crippen LogP contribution in [0.25, 0.3) is 0 Å². The smallest absolute Gasteiger partial charge is 0.137 e. The number of benzene rings is 1. The van der Waals surface area contributed by atoms with E-state index >= 15 is 0 Å². The van der Waals surface area contributed by atoms with Gasteiger partial charge in [-0.15, -0.1) is 0 Å². The number of hydrogen-bond acceptors (Lipinski definition) is 3. The third-order valence-electron chi connectivity index (χ3n) is 3.10. The van der Waals surface area contributed by atoms with Crippen LogP contribution in [0.3, 0.4) is 0 Å². The number of aliphatic hydroxyl groups is 1. The van der Waals surface area contributed by atoms with Crippen molar-refractivity contribution in [2.24, 2.45) is 0 Å². The maximum atomic E-state index is 10.2. The predicted octanol–water partition coefficient (Wildman–Crippen LogP) is 3.14. The van der Waals surface area contributed by atoms with E-state index in [9.17, 15) is 5.11 Å². The Bertz CT molecular complexity index is 531. The van der Waals surface area contributed by atoms with Crippen molar-refractivity contribution in [1.82, 2.24) is 14.8 Å². The van der Waals surface area contributed by atoms with Crippen molar-refractivity contribution in [3.8, 4) is 0 Å². The number of hydrogen-bond donors (Lipinski definition) is 1. The second kappa shape index (κ2) is 6.37. The summed E-state index contributed by atoms with van der Waals surface area (Å²) in [6.45, 7) is 2.46. The Morgan fingerprint density at radius 2 is 2.16 bits per heavy atom. The summed E-state index contributed by atoms with van der Waals surface area (Å²) in [4.78, 5) is 3.91. The van der Waals surface area contributed by atoms with Crippen LogP contribution in [0.15, 0.2) is 30.9 Å². The molecule has 0 saturated heterocycles. The largest absolute Gasteiger partial charge is 0.392 e. The first kappa shape index (κ1) is 14.3. The van der Waals surface area contributed by atoms with Gasteiger partial charge in [0.15, 0.2) is 0 Å². The highest BCUT2D eigenvalue weighted by Crippen LogP contribution is 2.31. The second-order valence-corrected chi connectivity index (χ2v) is 5.21. The van der Waals surface area contributed by atoms with Gasteiger partial charge in [0.1, 0.15) is 12.7 Å². The Morgan fingerprint density at radius 1 is 1.37 bits per heavy atom. The van der Waals surface area contributed by atoms with Crippen molar-refractivity contribution >= 4 is 23.2 Å². The summed E-state index contributed by atoms with van der Waals surface area (Å²) in [6.07, 6.45) is 3.24. The van der Waals surface area contributed by atoms with Crippen LogP contribution in [-0.2, 0) is 6.54 Å². The Kier molecular flexibility index (Phi) is 4.80. The first-order valence-electron chi connectivity index (χ1n) is 6.07. The first-order valence-corrected chi connectivity index (χ1v) is 6.82. The number of nitrogens with zero attached hydrogens (tertiary/aromatic N) is 3. The van der Waals surface area contributed by atoms with Crippen molar-refractivity contribution in [2.75, 3.05) is 0 Å². The van der Waals surface area contributed by atoms with E-state index < -0.39 is 6.10 Å². The molecule has 2 atom stereocenters. The van der Waals surface area contributed by atoms with Crippen LogP contribution in [0, 0.1) is 0 Å². The molecule has 2 aromatic rings. The minimum Gasteiger partial charge on any atom is -0.392 e. The quantitative estimate of drug-likeness (QED) is 0.923. The lowest BCUT2D eigenvalue weighted by molar-refractivity contribution is 0.128. The van der Waals surface area contributed by atoms with E-state index in [0.717, 1.165) is 5.56 Å². The number of halogens is 2. The van der Waals surface area contributed by atoms with Crippen LogP contribution in [0.5, 0.6) is 0 Å². The zero-order valence-corrected chi connectivity index (χ0v) is 12.0. The number of aromatic nitrogens is 3. The van der Waals surface area contributed by atoms with Gasteiger partial charge in [0.2, 0.25) is 0 Å². The Labute approximate surface area is 122 Å². The molecule has 1 heterocycles. The van der Waals surface area contributed by atoms with Crippen LogP contribution in [0.1, 0.15) is 24.8 Å². The van der Waals surface area contributed by atoms with E-state index in [1.165, 1.54) is 6.33 Å². The van der Waals surface area contributed by atoms with Crippen molar-refractivity contribution in [3.05, 3.63) is 46.5 Å². The lowest BCUT2D eigenvalue weighted by Crippen LogP contribution is -2.23. The highest BCUT2D eigenvalue weighted by atomic mass is 35.5. The van der Waals surface area contributed by atoms with Gasteiger partial charge in [-0.3, -0.25) is 4.68 Å². The van der Waals surface area contributed by atoms with Gasteiger partial charge in [-0.25, -0.2) is 4.98 Å². The van der Waals surface area contributed by atoms with Crippen LogP contribution < -0.4 is 0 Å². The molecule has 0 spiro atoms. The number of rotatable bonds is 5. The summed E-state index contributed by atoms with van der Waals surface area (Å²) in [5, 5.41) is 15.4. The topological polar surface area (TPSA) is 50.9 Å². The summed E-state index contributed by atoms with van der Waals surface area (Å²) in [5.41, 5.74) is 0.871. The van der Waals surface area contributed by atoms with E-state index in [0.29, 0.717) is 23.0 Å². The zero-order valence-electron chi connectivity index (χ0n) is 10.5. The van der Waals surface area contributed by atoms with Crippen molar-refractivity contribution in [1.29, 1.82) is 0 Å². The fourth-order valence-corrected chi connectivity index (χ4v) is 2.59. The van der Waals surface area contributed by atoms with Gasteiger partial charge >= 0.3 is 0 Å². The highest BCUT2D eigenvalue weighted by molar-refractivity contribution is 6.35. The monoisotopic (exact) mass is 299 g/mol. The van der Waals surface area contributed by atoms with Crippen LogP contribution in [-0.4, -0.2) is 26.0 Å². The third-order valence-corrected chi connectivity index (χ3v) is 3.66.